The second kappa shape index (κ2) is 7.29. The third-order valence-corrected chi connectivity index (χ3v) is 5.78. The van der Waals surface area contributed by atoms with Crippen LogP contribution in [0.25, 0.3) is 38.3 Å². The van der Waals surface area contributed by atoms with Crippen molar-refractivity contribution >= 4 is 22.0 Å². The Morgan fingerprint density at radius 2 is 1.87 bits per heavy atom. The van der Waals surface area contributed by atoms with Crippen LogP contribution in [0.1, 0.15) is 5.56 Å². The van der Waals surface area contributed by atoms with Crippen molar-refractivity contribution in [2.75, 3.05) is 7.11 Å². The molecule has 2 aromatic carbocycles. The number of hydrogen-bond donors (Lipinski definition) is 1. The zero-order valence-corrected chi connectivity index (χ0v) is 17.3. The Bertz CT molecular complexity index is 1420. The minimum Gasteiger partial charge on any atom is -0.497 e. The quantitative estimate of drug-likeness (QED) is 0.326. The fourth-order valence-electron chi connectivity index (χ4n) is 3.19. The van der Waals surface area contributed by atoms with Crippen LogP contribution in [0.3, 0.4) is 0 Å². The summed E-state index contributed by atoms with van der Waals surface area (Å²) in [7, 11) is 1.62. The predicted molar refractivity (Wildman–Crippen MR) is 115 cm³/mol. The van der Waals surface area contributed by atoms with Gasteiger partial charge in [0.1, 0.15) is 5.75 Å². The molecule has 3 heterocycles. The number of fused-ring (bicyclic) bond motifs is 1. The summed E-state index contributed by atoms with van der Waals surface area (Å²) in [6.45, 7) is 1.70. The lowest BCUT2D eigenvalue weighted by atomic mass is 10.1. The maximum atomic E-state index is 11.3. The molecule has 0 fully saturated rings. The molecule has 0 unspecified atom stereocenters. The fourth-order valence-corrected chi connectivity index (χ4v) is 4.00. The Kier molecular flexibility index (Phi) is 4.44. The maximum absolute atomic E-state index is 11.3. The van der Waals surface area contributed by atoms with Gasteiger partial charge in [0.05, 0.1) is 23.4 Å². The smallest absolute Gasteiger partial charge is 0.273 e. The Morgan fingerprint density at radius 3 is 2.61 bits per heavy atom. The van der Waals surface area contributed by atoms with Crippen molar-refractivity contribution in [3.8, 4) is 39.1 Å². The minimum absolute atomic E-state index is 0.0300. The first-order valence-electron chi connectivity index (χ1n) is 9.21. The topological polar surface area (TPSA) is 124 Å². The largest absolute Gasteiger partial charge is 0.497 e. The number of aromatic nitrogens is 6. The van der Waals surface area contributed by atoms with Crippen molar-refractivity contribution in [1.29, 1.82) is 0 Å². The van der Waals surface area contributed by atoms with E-state index in [2.05, 4.69) is 25.5 Å². The van der Waals surface area contributed by atoms with Crippen LogP contribution in [-0.2, 0) is 0 Å². The van der Waals surface area contributed by atoms with Gasteiger partial charge in [-0.1, -0.05) is 23.5 Å². The lowest BCUT2D eigenvalue weighted by Crippen LogP contribution is -1.95. The summed E-state index contributed by atoms with van der Waals surface area (Å²) in [5, 5.41) is 32.3. The van der Waals surface area contributed by atoms with Crippen molar-refractivity contribution in [1.82, 2.24) is 30.0 Å². The van der Waals surface area contributed by atoms with E-state index in [0.29, 0.717) is 26.9 Å². The van der Waals surface area contributed by atoms with Gasteiger partial charge in [-0.05, 0) is 37.3 Å². The van der Waals surface area contributed by atoms with Crippen molar-refractivity contribution < 1.29 is 9.66 Å². The molecule has 0 bridgehead atoms. The summed E-state index contributed by atoms with van der Waals surface area (Å²) in [6.07, 6.45) is 0. The first-order valence-corrected chi connectivity index (χ1v) is 10.0. The maximum Gasteiger partial charge on any atom is 0.273 e. The molecule has 0 radical (unpaired) electrons. The molecule has 5 rings (SSSR count). The lowest BCUT2D eigenvalue weighted by Gasteiger charge is -2.00. The molecule has 0 aliphatic carbocycles. The number of nitrogens with zero attached hydrogens (tertiary/aromatic N) is 6. The zero-order chi connectivity index (χ0) is 21.5. The van der Waals surface area contributed by atoms with E-state index in [0.717, 1.165) is 22.7 Å². The molecule has 0 saturated carbocycles. The van der Waals surface area contributed by atoms with Gasteiger partial charge < -0.3 is 4.74 Å². The van der Waals surface area contributed by atoms with Crippen molar-refractivity contribution in [2.24, 2.45) is 0 Å². The standard InChI is InChI=1S/C20H15N7O3S/c1-11-3-4-13(9-17(11)27(28)29)18-23-24-20-26(18)25-19(31-20)16-10-15(21-22-16)12-5-7-14(30-2)8-6-12/h3-10H,1-2H3,(H,21,22). The summed E-state index contributed by atoms with van der Waals surface area (Å²) in [4.78, 5) is 11.5. The monoisotopic (exact) mass is 433 g/mol. The summed E-state index contributed by atoms with van der Waals surface area (Å²) >= 11 is 1.35. The molecule has 5 aromatic rings. The fraction of sp³-hybridized carbons (Fsp3) is 0.100. The number of H-pyrrole nitrogens is 1. The first kappa shape index (κ1) is 18.9. The molecule has 154 valence electrons. The lowest BCUT2D eigenvalue weighted by molar-refractivity contribution is -0.385. The van der Waals surface area contributed by atoms with E-state index in [1.807, 2.05) is 30.3 Å². The molecule has 0 aliphatic rings. The van der Waals surface area contributed by atoms with E-state index in [9.17, 15) is 10.1 Å². The number of hydrogen-bond acceptors (Lipinski definition) is 8. The normalized spacial score (nSPS) is 11.2. The highest BCUT2D eigenvalue weighted by Crippen LogP contribution is 2.31. The molecule has 0 amide bonds. The molecular formula is C20H15N7O3S. The van der Waals surface area contributed by atoms with Crippen LogP contribution in [-0.4, -0.2) is 42.0 Å². The Balaban J connectivity index is 1.51. The van der Waals surface area contributed by atoms with Crippen molar-refractivity contribution in [2.45, 2.75) is 6.92 Å². The summed E-state index contributed by atoms with van der Waals surface area (Å²) in [5.41, 5.74) is 3.64. The zero-order valence-electron chi connectivity index (χ0n) is 16.4. The van der Waals surface area contributed by atoms with Gasteiger partial charge >= 0.3 is 0 Å². The van der Waals surface area contributed by atoms with E-state index in [1.165, 1.54) is 17.4 Å². The highest BCUT2D eigenvalue weighted by molar-refractivity contribution is 7.19. The average molecular weight is 433 g/mol. The van der Waals surface area contributed by atoms with E-state index >= 15 is 0 Å². The molecule has 10 nitrogen and oxygen atoms in total. The van der Waals surface area contributed by atoms with Crippen LogP contribution < -0.4 is 4.74 Å². The first-order chi connectivity index (χ1) is 15.0. The molecule has 31 heavy (non-hydrogen) atoms. The van der Waals surface area contributed by atoms with Gasteiger partial charge in [0.25, 0.3) is 5.69 Å². The van der Waals surface area contributed by atoms with Crippen LogP contribution in [0, 0.1) is 17.0 Å². The van der Waals surface area contributed by atoms with Crippen LogP contribution >= 0.6 is 11.3 Å². The Morgan fingerprint density at radius 1 is 1.10 bits per heavy atom. The predicted octanol–water partition coefficient (Wildman–Crippen LogP) is 4.14. The number of nitro groups is 1. The molecule has 0 saturated heterocycles. The van der Waals surface area contributed by atoms with Crippen molar-refractivity contribution in [3.63, 3.8) is 0 Å². The van der Waals surface area contributed by atoms with Gasteiger partial charge in [0, 0.05) is 22.8 Å². The molecule has 0 spiro atoms. The molecule has 11 heteroatoms. The summed E-state index contributed by atoms with van der Waals surface area (Å²) in [6, 6.07) is 14.5. The highest BCUT2D eigenvalue weighted by Gasteiger charge is 2.19. The van der Waals surface area contributed by atoms with Crippen LogP contribution in [0.4, 0.5) is 5.69 Å². The number of benzene rings is 2. The number of methoxy groups -OCH3 is 1. The molecular weight excluding hydrogens is 418 g/mol. The summed E-state index contributed by atoms with van der Waals surface area (Å²) < 4.78 is 6.78. The van der Waals surface area contributed by atoms with Gasteiger partial charge in [-0.15, -0.1) is 10.2 Å². The van der Waals surface area contributed by atoms with Gasteiger partial charge in [-0.2, -0.15) is 14.7 Å². The van der Waals surface area contributed by atoms with Crippen molar-refractivity contribution in [3.05, 3.63) is 64.2 Å². The van der Waals surface area contributed by atoms with Crippen LogP contribution in [0.15, 0.2) is 48.5 Å². The second-order valence-corrected chi connectivity index (χ2v) is 7.73. The number of aromatic amines is 1. The number of rotatable bonds is 5. The minimum atomic E-state index is -0.408. The average Bonchev–Trinajstić information content (AvgIpc) is 3.49. The number of nitro benzene ring substituents is 1. The SMILES string of the molecule is COc1ccc(-c2cc(-c3nn4c(-c5ccc(C)c([N+](=O)[O-])c5)nnc4s3)[nH]n2)cc1. The Labute approximate surface area is 179 Å². The molecule has 0 atom stereocenters. The molecule has 1 N–H and O–H groups in total. The second-order valence-electron chi connectivity index (χ2n) is 6.78. The summed E-state index contributed by atoms with van der Waals surface area (Å²) in [5.74, 6) is 1.22. The third-order valence-electron chi connectivity index (χ3n) is 4.85. The highest BCUT2D eigenvalue weighted by atomic mass is 32.1. The van der Waals surface area contributed by atoms with Gasteiger partial charge in [0.2, 0.25) is 4.96 Å². The van der Waals surface area contributed by atoms with Gasteiger partial charge in [0.15, 0.2) is 10.8 Å². The molecule has 0 aliphatic heterocycles. The van der Waals surface area contributed by atoms with Crippen LogP contribution in [0.2, 0.25) is 0 Å². The number of nitrogens with one attached hydrogen (secondary N) is 1. The van der Waals surface area contributed by atoms with E-state index < -0.39 is 4.92 Å². The van der Waals surface area contributed by atoms with Gasteiger partial charge in [-0.3, -0.25) is 15.2 Å². The third kappa shape index (κ3) is 3.30. The van der Waals surface area contributed by atoms with E-state index in [-0.39, 0.29) is 5.69 Å². The Hall–Kier alpha value is -4.12. The van der Waals surface area contributed by atoms with E-state index in [4.69, 9.17) is 4.74 Å². The van der Waals surface area contributed by atoms with Gasteiger partial charge in [-0.25, -0.2) is 0 Å². The molecule has 3 aromatic heterocycles. The van der Waals surface area contributed by atoms with E-state index in [1.54, 1.807) is 30.7 Å². The number of ether oxygens (including phenoxy) is 1. The number of aryl methyl sites for hydroxylation is 1. The van der Waals surface area contributed by atoms with Crippen LogP contribution in [0.5, 0.6) is 5.75 Å².